The fourth-order valence-corrected chi connectivity index (χ4v) is 2.67. The van der Waals surface area contributed by atoms with Gasteiger partial charge in [0.25, 0.3) is 0 Å². The Morgan fingerprint density at radius 3 is 1.89 bits per heavy atom. The molecule has 0 atom stereocenters. The van der Waals surface area contributed by atoms with E-state index in [1.807, 2.05) is 24.3 Å². The number of likely N-dealkylation sites (N-methyl/N-ethyl adjacent to an activating group) is 1. The summed E-state index contributed by atoms with van der Waals surface area (Å²) in [5.41, 5.74) is 1.23. The zero-order valence-electron chi connectivity index (χ0n) is 17.4. The second kappa shape index (κ2) is 8.57. The standard InChI is InChI=1S/C23H29NO4/c1-23(2,22(26)27)16-17-6-8-18(9-7-17)21(25)19-10-12-20(13-11-19)28-15-14-24(3,4)5/h6-13H,14-16H2,1-5H3/p+1. The molecular weight excluding hydrogens is 354 g/mol. The normalized spacial score (nSPS) is 11.9. The van der Waals surface area contributed by atoms with Crippen molar-refractivity contribution in [2.75, 3.05) is 34.3 Å². The third kappa shape index (κ3) is 6.20. The van der Waals surface area contributed by atoms with E-state index in [0.29, 0.717) is 24.2 Å². The van der Waals surface area contributed by atoms with Gasteiger partial charge in [-0.15, -0.1) is 0 Å². The van der Waals surface area contributed by atoms with Crippen LogP contribution in [-0.4, -0.2) is 55.6 Å². The number of rotatable bonds is 9. The van der Waals surface area contributed by atoms with Crippen molar-refractivity contribution in [2.24, 2.45) is 5.41 Å². The van der Waals surface area contributed by atoms with Crippen molar-refractivity contribution in [3.05, 3.63) is 65.2 Å². The molecule has 0 radical (unpaired) electrons. The zero-order chi connectivity index (χ0) is 20.9. The minimum atomic E-state index is -0.840. The van der Waals surface area contributed by atoms with Crippen molar-refractivity contribution in [3.8, 4) is 5.75 Å². The average molecular weight is 384 g/mol. The highest BCUT2D eigenvalue weighted by molar-refractivity contribution is 6.09. The molecule has 0 aliphatic carbocycles. The van der Waals surface area contributed by atoms with Gasteiger partial charge in [-0.1, -0.05) is 24.3 Å². The van der Waals surface area contributed by atoms with Crippen molar-refractivity contribution in [3.63, 3.8) is 0 Å². The first kappa shape index (κ1) is 21.6. The molecule has 0 heterocycles. The van der Waals surface area contributed by atoms with E-state index in [-0.39, 0.29) is 5.78 Å². The van der Waals surface area contributed by atoms with Gasteiger partial charge in [-0.2, -0.15) is 0 Å². The molecule has 0 spiro atoms. The third-order valence-electron chi connectivity index (χ3n) is 4.59. The van der Waals surface area contributed by atoms with Crippen LogP contribution in [0.3, 0.4) is 0 Å². The molecule has 0 saturated heterocycles. The molecular formula is C23H30NO4+. The lowest BCUT2D eigenvalue weighted by Crippen LogP contribution is -2.38. The van der Waals surface area contributed by atoms with Crippen LogP contribution < -0.4 is 4.74 Å². The van der Waals surface area contributed by atoms with Gasteiger partial charge >= 0.3 is 5.97 Å². The smallest absolute Gasteiger partial charge is 0.309 e. The predicted molar refractivity (Wildman–Crippen MR) is 110 cm³/mol. The van der Waals surface area contributed by atoms with E-state index in [0.717, 1.165) is 22.3 Å². The van der Waals surface area contributed by atoms with E-state index in [4.69, 9.17) is 4.74 Å². The maximum absolute atomic E-state index is 12.7. The molecule has 0 unspecified atom stereocenters. The third-order valence-corrected chi connectivity index (χ3v) is 4.59. The predicted octanol–water partition coefficient (Wildman–Crippen LogP) is 3.66. The Balaban J connectivity index is 2.00. The van der Waals surface area contributed by atoms with Gasteiger partial charge in [0, 0.05) is 11.1 Å². The van der Waals surface area contributed by atoms with Crippen LogP contribution in [0.15, 0.2) is 48.5 Å². The van der Waals surface area contributed by atoms with Gasteiger partial charge in [-0.25, -0.2) is 0 Å². The van der Waals surface area contributed by atoms with Gasteiger partial charge in [0.05, 0.1) is 26.6 Å². The molecule has 0 saturated carbocycles. The summed E-state index contributed by atoms with van der Waals surface area (Å²) in [6, 6.07) is 14.3. The number of ketones is 1. The summed E-state index contributed by atoms with van der Waals surface area (Å²) in [5.74, 6) is -0.158. The molecule has 2 aromatic rings. The number of nitrogens with zero attached hydrogens (tertiary/aromatic N) is 1. The molecule has 0 aliphatic heterocycles. The minimum absolute atomic E-state index is 0.0676. The lowest BCUT2D eigenvalue weighted by molar-refractivity contribution is -0.870. The summed E-state index contributed by atoms with van der Waals surface area (Å²) in [7, 11) is 6.33. The van der Waals surface area contributed by atoms with Crippen LogP contribution in [0.5, 0.6) is 5.75 Å². The number of carbonyl (C=O) groups excluding carboxylic acids is 1. The first-order chi connectivity index (χ1) is 13.0. The maximum atomic E-state index is 12.7. The summed E-state index contributed by atoms with van der Waals surface area (Å²) in [6.07, 6.45) is 0.413. The monoisotopic (exact) mass is 384 g/mol. The van der Waals surface area contributed by atoms with E-state index in [1.54, 1.807) is 38.1 Å². The van der Waals surface area contributed by atoms with Gasteiger partial charge in [0.15, 0.2) is 5.78 Å². The fourth-order valence-electron chi connectivity index (χ4n) is 2.67. The fraction of sp³-hybridized carbons (Fsp3) is 0.391. The van der Waals surface area contributed by atoms with Crippen molar-refractivity contribution in [1.82, 2.24) is 0 Å². The number of hydrogen-bond donors (Lipinski definition) is 1. The topological polar surface area (TPSA) is 63.6 Å². The minimum Gasteiger partial charge on any atom is -0.488 e. The first-order valence-corrected chi connectivity index (χ1v) is 9.38. The van der Waals surface area contributed by atoms with E-state index >= 15 is 0 Å². The number of aliphatic carboxylic acids is 1. The average Bonchev–Trinajstić information content (AvgIpc) is 2.61. The maximum Gasteiger partial charge on any atom is 0.309 e. The van der Waals surface area contributed by atoms with Crippen LogP contribution in [-0.2, 0) is 11.2 Å². The van der Waals surface area contributed by atoms with Crippen LogP contribution in [0.25, 0.3) is 0 Å². The van der Waals surface area contributed by atoms with Crippen LogP contribution in [0, 0.1) is 5.41 Å². The number of carboxylic acids is 1. The molecule has 0 fully saturated rings. The largest absolute Gasteiger partial charge is 0.488 e. The summed E-state index contributed by atoms with van der Waals surface area (Å²) < 4.78 is 6.56. The Labute approximate surface area is 167 Å². The first-order valence-electron chi connectivity index (χ1n) is 9.38. The van der Waals surface area contributed by atoms with Gasteiger partial charge < -0.3 is 14.3 Å². The van der Waals surface area contributed by atoms with Gasteiger partial charge in [-0.05, 0) is 50.1 Å². The van der Waals surface area contributed by atoms with Gasteiger partial charge in [0.2, 0.25) is 0 Å². The summed E-state index contributed by atoms with van der Waals surface area (Å²) in [6.45, 7) is 4.90. The Morgan fingerprint density at radius 1 is 0.929 bits per heavy atom. The van der Waals surface area contributed by atoms with Crippen molar-refractivity contribution >= 4 is 11.8 Å². The second-order valence-electron chi connectivity index (χ2n) is 8.78. The van der Waals surface area contributed by atoms with Crippen LogP contribution in [0.4, 0.5) is 0 Å². The molecule has 2 aromatic carbocycles. The molecule has 1 N–H and O–H groups in total. The lowest BCUT2D eigenvalue weighted by atomic mass is 9.85. The molecule has 2 rings (SSSR count). The Kier molecular flexibility index (Phi) is 6.62. The Morgan fingerprint density at radius 2 is 1.43 bits per heavy atom. The van der Waals surface area contributed by atoms with Crippen LogP contribution in [0.2, 0.25) is 0 Å². The highest BCUT2D eigenvalue weighted by atomic mass is 16.5. The molecule has 0 aliphatic rings. The van der Waals surface area contributed by atoms with Gasteiger partial charge in [-0.3, -0.25) is 9.59 Å². The van der Waals surface area contributed by atoms with E-state index in [9.17, 15) is 14.7 Å². The highest BCUT2D eigenvalue weighted by Crippen LogP contribution is 2.23. The Hall–Kier alpha value is -2.66. The number of benzene rings is 2. The number of carboxylic acid groups (broad SMARTS) is 1. The number of ether oxygens (including phenoxy) is 1. The molecule has 5 heteroatoms. The summed E-state index contributed by atoms with van der Waals surface area (Å²) in [5, 5.41) is 9.24. The molecule has 0 bridgehead atoms. The Bertz CT molecular complexity index is 815. The molecule has 0 amide bonds. The van der Waals surface area contributed by atoms with E-state index in [1.165, 1.54) is 0 Å². The SMILES string of the molecule is CC(C)(Cc1ccc(C(=O)c2ccc(OCC[N+](C)(C)C)cc2)cc1)C(=O)O. The van der Waals surface area contributed by atoms with Crippen molar-refractivity contribution in [1.29, 1.82) is 0 Å². The summed E-state index contributed by atoms with van der Waals surface area (Å²) in [4.78, 5) is 23.9. The molecule has 150 valence electrons. The number of carbonyl (C=O) groups is 2. The number of hydrogen-bond acceptors (Lipinski definition) is 3. The lowest BCUT2D eigenvalue weighted by Gasteiger charge is -2.23. The highest BCUT2D eigenvalue weighted by Gasteiger charge is 2.27. The summed E-state index contributed by atoms with van der Waals surface area (Å²) >= 11 is 0. The quantitative estimate of drug-likeness (QED) is 0.529. The molecule has 0 aromatic heterocycles. The number of quaternary nitrogens is 1. The zero-order valence-corrected chi connectivity index (χ0v) is 17.4. The van der Waals surface area contributed by atoms with E-state index < -0.39 is 11.4 Å². The van der Waals surface area contributed by atoms with Crippen LogP contribution >= 0.6 is 0 Å². The molecule has 5 nitrogen and oxygen atoms in total. The second-order valence-corrected chi connectivity index (χ2v) is 8.78. The van der Waals surface area contributed by atoms with Gasteiger partial charge in [0.1, 0.15) is 18.9 Å². The molecule has 28 heavy (non-hydrogen) atoms. The van der Waals surface area contributed by atoms with Crippen LogP contribution in [0.1, 0.15) is 35.3 Å². The van der Waals surface area contributed by atoms with Crippen molar-refractivity contribution in [2.45, 2.75) is 20.3 Å². The van der Waals surface area contributed by atoms with E-state index in [2.05, 4.69) is 21.1 Å². The van der Waals surface area contributed by atoms with Crippen molar-refractivity contribution < 1.29 is 23.9 Å².